The van der Waals surface area contributed by atoms with Gasteiger partial charge in [0.15, 0.2) is 0 Å². The average Bonchev–Trinajstić information content (AvgIpc) is 3.03. The molecule has 23 heavy (non-hydrogen) atoms. The number of rotatable bonds is 4. The highest BCUT2D eigenvalue weighted by Gasteiger charge is 2.24. The fraction of sp³-hybridized carbons (Fsp3) is 0.278. The van der Waals surface area contributed by atoms with Crippen LogP contribution in [-0.2, 0) is 11.2 Å². The molecule has 0 amide bonds. The summed E-state index contributed by atoms with van der Waals surface area (Å²) in [5, 5.41) is 3.45. The molecule has 1 unspecified atom stereocenters. The van der Waals surface area contributed by atoms with Crippen LogP contribution in [0.4, 0.5) is 5.69 Å². The van der Waals surface area contributed by atoms with Crippen LogP contribution >= 0.6 is 0 Å². The number of carbonyl (C=O) groups excluding carboxylic acids is 1. The Morgan fingerprint density at radius 2 is 1.74 bits per heavy atom. The Balaban J connectivity index is 1.88. The van der Waals surface area contributed by atoms with Gasteiger partial charge in [0.05, 0.1) is 32.9 Å². The Bertz CT molecular complexity index is 720. The third kappa shape index (κ3) is 2.95. The summed E-state index contributed by atoms with van der Waals surface area (Å²) in [5.74, 6) is 1.18. The Labute approximate surface area is 135 Å². The second-order valence-electron chi connectivity index (χ2n) is 5.41. The molecule has 1 aliphatic rings. The molecule has 0 radical (unpaired) electrons. The first-order chi connectivity index (χ1) is 11.1. The number of ether oxygens (including phenoxy) is 3. The third-order valence-electron chi connectivity index (χ3n) is 4.06. The molecule has 0 aromatic heterocycles. The zero-order valence-corrected chi connectivity index (χ0v) is 13.4. The summed E-state index contributed by atoms with van der Waals surface area (Å²) in [4.78, 5) is 11.6. The van der Waals surface area contributed by atoms with E-state index in [1.165, 1.54) is 12.7 Å². The van der Waals surface area contributed by atoms with E-state index in [9.17, 15) is 4.79 Å². The molecule has 3 rings (SSSR count). The molecule has 0 spiro atoms. The first-order valence-electron chi connectivity index (χ1n) is 7.35. The summed E-state index contributed by atoms with van der Waals surface area (Å²) in [6, 6.07) is 11.5. The molecule has 5 heteroatoms. The van der Waals surface area contributed by atoms with Crippen LogP contribution in [0.25, 0.3) is 0 Å². The van der Waals surface area contributed by atoms with E-state index in [1.807, 2.05) is 30.3 Å². The van der Waals surface area contributed by atoms with Crippen LogP contribution in [0, 0.1) is 0 Å². The second kappa shape index (κ2) is 6.20. The normalized spacial score (nSPS) is 15.5. The number of hydrogen-bond acceptors (Lipinski definition) is 5. The van der Waals surface area contributed by atoms with Crippen molar-refractivity contribution in [1.82, 2.24) is 0 Å². The van der Waals surface area contributed by atoms with Crippen molar-refractivity contribution < 1.29 is 19.0 Å². The lowest BCUT2D eigenvalue weighted by Crippen LogP contribution is -2.06. The van der Waals surface area contributed by atoms with Crippen molar-refractivity contribution in [1.29, 1.82) is 0 Å². The van der Waals surface area contributed by atoms with Gasteiger partial charge in [-0.1, -0.05) is 6.07 Å². The van der Waals surface area contributed by atoms with Gasteiger partial charge in [0, 0.05) is 11.8 Å². The highest BCUT2D eigenvalue weighted by Crippen LogP contribution is 2.37. The Kier molecular flexibility index (Phi) is 4.10. The molecular formula is C18H19NO4. The SMILES string of the molecule is COC(=O)c1ccc2c(c1)NC(c1cc(OC)cc(OC)c1)C2. The van der Waals surface area contributed by atoms with Crippen molar-refractivity contribution in [3.63, 3.8) is 0 Å². The van der Waals surface area contributed by atoms with Crippen molar-refractivity contribution in [3.8, 4) is 11.5 Å². The molecule has 1 atom stereocenters. The van der Waals surface area contributed by atoms with Gasteiger partial charge < -0.3 is 19.5 Å². The van der Waals surface area contributed by atoms with Crippen LogP contribution in [0.3, 0.4) is 0 Å². The van der Waals surface area contributed by atoms with E-state index in [-0.39, 0.29) is 12.0 Å². The predicted molar refractivity (Wildman–Crippen MR) is 87.4 cm³/mol. The van der Waals surface area contributed by atoms with Crippen molar-refractivity contribution in [3.05, 3.63) is 53.1 Å². The van der Waals surface area contributed by atoms with Gasteiger partial charge in [0.25, 0.3) is 0 Å². The maximum absolute atomic E-state index is 11.6. The van der Waals surface area contributed by atoms with E-state index in [4.69, 9.17) is 14.2 Å². The van der Waals surface area contributed by atoms with E-state index in [0.717, 1.165) is 29.2 Å². The van der Waals surface area contributed by atoms with Gasteiger partial charge in [-0.25, -0.2) is 4.79 Å². The minimum absolute atomic E-state index is 0.113. The van der Waals surface area contributed by atoms with E-state index in [2.05, 4.69) is 5.32 Å². The lowest BCUT2D eigenvalue weighted by atomic mass is 10.0. The molecule has 0 aliphatic carbocycles. The fourth-order valence-electron chi connectivity index (χ4n) is 2.82. The van der Waals surface area contributed by atoms with Crippen LogP contribution < -0.4 is 14.8 Å². The van der Waals surface area contributed by atoms with E-state index < -0.39 is 0 Å². The number of anilines is 1. The Hall–Kier alpha value is -2.69. The number of nitrogens with one attached hydrogen (secondary N) is 1. The van der Waals surface area contributed by atoms with Gasteiger partial charge in [-0.15, -0.1) is 0 Å². The van der Waals surface area contributed by atoms with E-state index in [1.54, 1.807) is 20.3 Å². The van der Waals surface area contributed by atoms with Gasteiger partial charge in [-0.3, -0.25) is 0 Å². The van der Waals surface area contributed by atoms with Gasteiger partial charge in [-0.05, 0) is 41.8 Å². The number of fused-ring (bicyclic) bond motifs is 1. The average molecular weight is 313 g/mol. The maximum atomic E-state index is 11.6. The molecule has 120 valence electrons. The van der Waals surface area contributed by atoms with Crippen molar-refractivity contribution >= 4 is 11.7 Å². The molecular weight excluding hydrogens is 294 g/mol. The van der Waals surface area contributed by atoms with Gasteiger partial charge in [0.2, 0.25) is 0 Å². The number of benzene rings is 2. The molecule has 0 fully saturated rings. The first-order valence-corrected chi connectivity index (χ1v) is 7.35. The van der Waals surface area contributed by atoms with Crippen LogP contribution in [0.2, 0.25) is 0 Å². The van der Waals surface area contributed by atoms with Crippen molar-refractivity contribution in [2.45, 2.75) is 12.5 Å². The number of methoxy groups -OCH3 is 3. The summed E-state index contributed by atoms with van der Waals surface area (Å²) in [6.45, 7) is 0. The largest absolute Gasteiger partial charge is 0.497 e. The van der Waals surface area contributed by atoms with Gasteiger partial charge >= 0.3 is 5.97 Å². The minimum Gasteiger partial charge on any atom is -0.497 e. The monoisotopic (exact) mass is 313 g/mol. The Morgan fingerprint density at radius 3 is 2.35 bits per heavy atom. The smallest absolute Gasteiger partial charge is 0.337 e. The van der Waals surface area contributed by atoms with Crippen LogP contribution in [0.1, 0.15) is 27.5 Å². The first kappa shape index (κ1) is 15.2. The topological polar surface area (TPSA) is 56.8 Å². The number of carbonyl (C=O) groups is 1. The van der Waals surface area contributed by atoms with Crippen molar-refractivity contribution in [2.24, 2.45) is 0 Å². The Morgan fingerprint density at radius 1 is 1.04 bits per heavy atom. The quantitative estimate of drug-likeness (QED) is 0.879. The van der Waals surface area contributed by atoms with Crippen molar-refractivity contribution in [2.75, 3.05) is 26.6 Å². The molecule has 1 aliphatic heterocycles. The zero-order valence-electron chi connectivity index (χ0n) is 13.4. The molecule has 5 nitrogen and oxygen atoms in total. The number of hydrogen-bond donors (Lipinski definition) is 1. The summed E-state index contributed by atoms with van der Waals surface area (Å²) >= 11 is 0. The maximum Gasteiger partial charge on any atom is 0.337 e. The third-order valence-corrected chi connectivity index (χ3v) is 4.06. The van der Waals surface area contributed by atoms with Crippen LogP contribution in [0.15, 0.2) is 36.4 Å². The molecule has 0 bridgehead atoms. The summed E-state index contributed by atoms with van der Waals surface area (Å²) in [7, 11) is 4.66. The second-order valence-corrected chi connectivity index (χ2v) is 5.41. The molecule has 2 aromatic rings. The highest BCUT2D eigenvalue weighted by molar-refractivity contribution is 5.91. The minimum atomic E-state index is -0.332. The molecule has 1 heterocycles. The summed E-state index contributed by atoms with van der Waals surface area (Å²) in [6.07, 6.45) is 0.840. The molecule has 0 saturated carbocycles. The lowest BCUT2D eigenvalue weighted by molar-refractivity contribution is 0.0601. The van der Waals surface area contributed by atoms with Gasteiger partial charge in [0.1, 0.15) is 11.5 Å². The standard InChI is InChI=1S/C18H19NO4/c1-21-14-6-13(7-15(10-14)22-2)17-8-11-4-5-12(18(20)23-3)9-16(11)19-17/h4-7,9-10,17,19H,8H2,1-3H3. The highest BCUT2D eigenvalue weighted by atomic mass is 16.5. The molecule has 2 aromatic carbocycles. The van der Waals surface area contributed by atoms with E-state index in [0.29, 0.717) is 5.56 Å². The van der Waals surface area contributed by atoms with Crippen LogP contribution in [-0.4, -0.2) is 27.3 Å². The lowest BCUT2D eigenvalue weighted by Gasteiger charge is -2.14. The van der Waals surface area contributed by atoms with Gasteiger partial charge in [-0.2, -0.15) is 0 Å². The predicted octanol–water partition coefficient (Wildman–Crippen LogP) is 3.20. The van der Waals surface area contributed by atoms with E-state index >= 15 is 0 Å². The summed E-state index contributed by atoms with van der Waals surface area (Å²) in [5.41, 5.74) is 3.75. The molecule has 0 saturated heterocycles. The molecule has 1 N–H and O–H groups in total. The fourth-order valence-corrected chi connectivity index (χ4v) is 2.82. The van der Waals surface area contributed by atoms with Crippen LogP contribution in [0.5, 0.6) is 11.5 Å². The summed E-state index contributed by atoms with van der Waals surface area (Å²) < 4.78 is 15.4. The number of esters is 1. The zero-order chi connectivity index (χ0) is 16.4.